The van der Waals surface area contributed by atoms with Crippen LogP contribution in [-0.2, 0) is 5.66 Å². The molecule has 1 rings (SSSR count). The van der Waals surface area contributed by atoms with Gasteiger partial charge in [-0.15, -0.1) is 0 Å². The molecule has 0 bridgehead atoms. The van der Waals surface area contributed by atoms with E-state index in [1.54, 1.807) is 12.1 Å². The van der Waals surface area contributed by atoms with Crippen LogP contribution >= 0.6 is 9.24 Å². The fourth-order valence-electron chi connectivity index (χ4n) is 0.776. The van der Waals surface area contributed by atoms with Gasteiger partial charge >= 0.3 is 0 Å². The molecule has 0 nitrogen and oxygen atoms in total. The van der Waals surface area contributed by atoms with Gasteiger partial charge in [0, 0.05) is 5.56 Å². The molecule has 3 heteroatoms. The van der Waals surface area contributed by atoms with E-state index < -0.39 is 5.66 Å². The van der Waals surface area contributed by atoms with E-state index in [1.807, 2.05) is 6.92 Å². The van der Waals surface area contributed by atoms with Crippen molar-refractivity contribution in [3.05, 3.63) is 35.4 Å². The quantitative estimate of drug-likeness (QED) is 0.574. The molecule has 0 aromatic heterocycles. The fourth-order valence-corrected chi connectivity index (χ4v) is 0.968. The molecule has 11 heavy (non-hydrogen) atoms. The van der Waals surface area contributed by atoms with Crippen molar-refractivity contribution >= 4 is 9.24 Å². The second-order valence-corrected chi connectivity index (χ2v) is 3.21. The summed E-state index contributed by atoms with van der Waals surface area (Å²) in [4.78, 5) is 0. The number of alkyl halides is 2. The summed E-state index contributed by atoms with van der Waals surface area (Å²) < 4.78 is 25.1. The predicted octanol–water partition coefficient (Wildman–Crippen LogP) is 2.92. The van der Waals surface area contributed by atoms with Gasteiger partial charge in [0.1, 0.15) is 0 Å². The Morgan fingerprint density at radius 1 is 1.18 bits per heavy atom. The molecule has 0 fully saturated rings. The van der Waals surface area contributed by atoms with Crippen molar-refractivity contribution in [2.24, 2.45) is 0 Å². The lowest BCUT2D eigenvalue weighted by atomic mass is 10.2. The van der Waals surface area contributed by atoms with Crippen LogP contribution in [0.1, 0.15) is 11.1 Å². The summed E-state index contributed by atoms with van der Waals surface area (Å²) in [6.45, 7) is 1.87. The van der Waals surface area contributed by atoms with Crippen molar-refractivity contribution < 1.29 is 8.78 Å². The van der Waals surface area contributed by atoms with Crippen LogP contribution < -0.4 is 0 Å². The van der Waals surface area contributed by atoms with E-state index in [1.165, 1.54) is 21.4 Å². The van der Waals surface area contributed by atoms with E-state index in [9.17, 15) is 8.78 Å². The van der Waals surface area contributed by atoms with Gasteiger partial charge in [0.05, 0.1) is 0 Å². The summed E-state index contributed by atoms with van der Waals surface area (Å²) in [5.74, 6) is 0. The maximum Gasteiger partial charge on any atom is 0.283 e. The van der Waals surface area contributed by atoms with Gasteiger partial charge in [-0.25, -0.2) is 0 Å². The van der Waals surface area contributed by atoms with Gasteiger partial charge in [-0.2, -0.15) is 8.78 Å². The molecule has 60 valence electrons. The van der Waals surface area contributed by atoms with Crippen LogP contribution in [0.4, 0.5) is 8.78 Å². The van der Waals surface area contributed by atoms with Crippen LogP contribution in [0.3, 0.4) is 0 Å². The van der Waals surface area contributed by atoms with E-state index in [4.69, 9.17) is 0 Å². The molecule has 1 aromatic rings. The molecule has 0 radical (unpaired) electrons. The maximum atomic E-state index is 12.5. The summed E-state index contributed by atoms with van der Waals surface area (Å²) in [6.07, 6.45) is 0. The van der Waals surface area contributed by atoms with Gasteiger partial charge in [-0.3, -0.25) is 0 Å². The first-order chi connectivity index (χ1) is 5.00. The summed E-state index contributed by atoms with van der Waals surface area (Å²) in [5.41, 5.74) is -1.77. The van der Waals surface area contributed by atoms with E-state index >= 15 is 0 Å². The number of hydrogen-bond acceptors (Lipinski definition) is 0. The molecule has 0 saturated heterocycles. The monoisotopic (exact) mass is 174 g/mol. The summed E-state index contributed by atoms with van der Waals surface area (Å²) in [6, 6.07) is 6.21. The zero-order valence-corrected chi connectivity index (χ0v) is 7.30. The molecule has 0 N–H and O–H groups in total. The smallest absolute Gasteiger partial charge is 0.197 e. The Labute approximate surface area is 66.8 Å². The third-order valence-electron chi connectivity index (χ3n) is 1.44. The third-order valence-corrected chi connectivity index (χ3v) is 1.77. The molecule has 0 saturated carbocycles. The predicted molar refractivity (Wildman–Crippen MR) is 44.8 cm³/mol. The Morgan fingerprint density at radius 2 is 1.64 bits per heavy atom. The molecule has 0 spiro atoms. The van der Waals surface area contributed by atoms with Gasteiger partial charge in [0.25, 0.3) is 5.66 Å². The lowest BCUT2D eigenvalue weighted by Crippen LogP contribution is -2.01. The van der Waals surface area contributed by atoms with Gasteiger partial charge in [0.2, 0.25) is 0 Å². The lowest BCUT2D eigenvalue weighted by molar-refractivity contribution is 0.104. The molecule has 0 aliphatic rings. The number of rotatable bonds is 1. The SMILES string of the molecule is Cc1ccc(C(F)(F)P)cc1. The summed E-state index contributed by atoms with van der Waals surface area (Å²) in [5, 5.41) is 0. The molecule has 0 aliphatic heterocycles. The standard InChI is InChI=1S/C8H9F2P/c1-6-2-4-7(5-3-6)8(9,10)11/h2-5H,11H2,1H3. The average molecular weight is 174 g/mol. The Morgan fingerprint density at radius 3 is 2.00 bits per heavy atom. The highest BCUT2D eigenvalue weighted by atomic mass is 31.0. The van der Waals surface area contributed by atoms with Crippen molar-refractivity contribution in [1.29, 1.82) is 0 Å². The first kappa shape index (κ1) is 8.61. The second kappa shape index (κ2) is 2.86. The molecular formula is C8H9F2P. The van der Waals surface area contributed by atoms with Crippen molar-refractivity contribution in [3.63, 3.8) is 0 Å². The Hall–Kier alpha value is -0.490. The number of halogens is 2. The minimum absolute atomic E-state index is 0.0353. The number of benzene rings is 1. The summed E-state index contributed by atoms with van der Waals surface area (Å²) >= 11 is 0. The average Bonchev–Trinajstić information content (AvgIpc) is 1.86. The minimum atomic E-state index is -2.80. The van der Waals surface area contributed by atoms with E-state index in [-0.39, 0.29) is 5.56 Å². The van der Waals surface area contributed by atoms with Crippen LogP contribution in [-0.4, -0.2) is 0 Å². The van der Waals surface area contributed by atoms with Crippen LogP contribution in [0.2, 0.25) is 0 Å². The third kappa shape index (κ3) is 2.23. The zero-order valence-electron chi connectivity index (χ0n) is 6.14. The van der Waals surface area contributed by atoms with E-state index in [0.717, 1.165) is 5.56 Å². The Kier molecular flexibility index (Phi) is 2.24. The molecule has 1 atom stereocenters. The van der Waals surface area contributed by atoms with Crippen LogP contribution in [0.25, 0.3) is 0 Å². The van der Waals surface area contributed by atoms with Crippen molar-refractivity contribution in [2.75, 3.05) is 0 Å². The van der Waals surface area contributed by atoms with Gasteiger partial charge < -0.3 is 0 Å². The highest BCUT2D eigenvalue weighted by molar-refractivity contribution is 7.17. The Bertz CT molecular complexity index is 235. The first-order valence-electron chi connectivity index (χ1n) is 3.24. The van der Waals surface area contributed by atoms with Gasteiger partial charge in [-0.05, 0) is 6.92 Å². The highest BCUT2D eigenvalue weighted by Gasteiger charge is 2.23. The molecule has 1 aromatic carbocycles. The zero-order chi connectivity index (χ0) is 8.48. The second-order valence-electron chi connectivity index (χ2n) is 2.49. The van der Waals surface area contributed by atoms with Crippen LogP contribution in [0, 0.1) is 6.92 Å². The molecule has 1 unspecified atom stereocenters. The normalized spacial score (nSPS) is 11.6. The van der Waals surface area contributed by atoms with Crippen molar-refractivity contribution in [3.8, 4) is 0 Å². The minimum Gasteiger partial charge on any atom is -0.197 e. The molecule has 0 heterocycles. The van der Waals surface area contributed by atoms with Crippen molar-refractivity contribution in [1.82, 2.24) is 0 Å². The van der Waals surface area contributed by atoms with Crippen molar-refractivity contribution in [2.45, 2.75) is 12.6 Å². The topological polar surface area (TPSA) is 0 Å². The van der Waals surface area contributed by atoms with Crippen LogP contribution in [0.5, 0.6) is 0 Å². The molecule has 0 amide bonds. The summed E-state index contributed by atoms with van der Waals surface area (Å²) in [7, 11) is 1.51. The largest absolute Gasteiger partial charge is 0.283 e. The molecular weight excluding hydrogens is 165 g/mol. The number of aryl methyl sites for hydroxylation is 1. The van der Waals surface area contributed by atoms with Gasteiger partial charge in [0.15, 0.2) is 0 Å². The van der Waals surface area contributed by atoms with Crippen LogP contribution in [0.15, 0.2) is 24.3 Å². The van der Waals surface area contributed by atoms with Gasteiger partial charge in [-0.1, -0.05) is 39.1 Å². The fraction of sp³-hybridized carbons (Fsp3) is 0.250. The van der Waals surface area contributed by atoms with E-state index in [0.29, 0.717) is 0 Å². The Balaban J connectivity index is 2.99. The highest BCUT2D eigenvalue weighted by Crippen LogP contribution is 2.34. The maximum absolute atomic E-state index is 12.5. The molecule has 0 aliphatic carbocycles. The van der Waals surface area contributed by atoms with E-state index in [2.05, 4.69) is 0 Å². The lowest BCUT2D eigenvalue weighted by Gasteiger charge is -2.09. The first-order valence-corrected chi connectivity index (χ1v) is 3.82. The number of hydrogen-bond donors (Lipinski definition) is 0.